The Hall–Kier alpha value is -0.870. The Morgan fingerprint density at radius 1 is 1.32 bits per heavy atom. The molecule has 0 aliphatic heterocycles. The standard InChI is InChI=1S/C14H24N4O2S.HI/c1-4-16-14(17-9-11(2)3)18-10-12-6-5-7-13(8-12)21(15,19)20;/h5-8,11H,4,9-10H2,1-3H3,(H2,15,19,20)(H2,16,17,18);1H. The van der Waals surface area contributed by atoms with E-state index < -0.39 is 10.0 Å². The van der Waals surface area contributed by atoms with E-state index in [1.807, 2.05) is 13.0 Å². The van der Waals surface area contributed by atoms with Gasteiger partial charge in [-0.1, -0.05) is 26.0 Å². The number of halogens is 1. The summed E-state index contributed by atoms with van der Waals surface area (Å²) in [6, 6.07) is 6.51. The number of benzene rings is 1. The number of sulfonamides is 1. The van der Waals surface area contributed by atoms with E-state index in [0.29, 0.717) is 18.4 Å². The lowest BCUT2D eigenvalue weighted by atomic mass is 10.2. The number of hydrogen-bond donors (Lipinski definition) is 3. The normalized spacial score (nSPS) is 12.0. The van der Waals surface area contributed by atoms with Crippen molar-refractivity contribution in [1.82, 2.24) is 10.6 Å². The predicted octanol–water partition coefficient (Wildman–Crippen LogP) is 1.66. The summed E-state index contributed by atoms with van der Waals surface area (Å²) in [6.45, 7) is 8.20. The van der Waals surface area contributed by atoms with Crippen LogP contribution in [-0.4, -0.2) is 27.5 Å². The summed E-state index contributed by atoms with van der Waals surface area (Å²) in [5, 5.41) is 11.5. The third kappa shape index (κ3) is 7.95. The number of nitrogens with two attached hydrogens (primary N) is 1. The highest BCUT2D eigenvalue weighted by Crippen LogP contribution is 2.10. The van der Waals surface area contributed by atoms with Gasteiger partial charge in [0, 0.05) is 13.1 Å². The number of nitrogens with one attached hydrogen (secondary N) is 2. The number of guanidine groups is 1. The average molecular weight is 440 g/mol. The van der Waals surface area contributed by atoms with Gasteiger partial charge >= 0.3 is 0 Å². The number of hydrogen-bond acceptors (Lipinski definition) is 3. The quantitative estimate of drug-likeness (QED) is 0.356. The molecule has 22 heavy (non-hydrogen) atoms. The van der Waals surface area contributed by atoms with Crippen LogP contribution < -0.4 is 15.8 Å². The van der Waals surface area contributed by atoms with Crippen molar-refractivity contribution in [3.8, 4) is 0 Å². The van der Waals surface area contributed by atoms with Crippen LogP contribution in [0.25, 0.3) is 0 Å². The van der Waals surface area contributed by atoms with Crippen LogP contribution >= 0.6 is 24.0 Å². The van der Waals surface area contributed by atoms with Crippen molar-refractivity contribution in [3.63, 3.8) is 0 Å². The third-order valence-electron chi connectivity index (χ3n) is 2.67. The van der Waals surface area contributed by atoms with E-state index in [-0.39, 0.29) is 28.9 Å². The predicted molar refractivity (Wildman–Crippen MR) is 101 cm³/mol. The van der Waals surface area contributed by atoms with Crippen molar-refractivity contribution in [2.45, 2.75) is 32.2 Å². The minimum absolute atomic E-state index is 0. The Morgan fingerprint density at radius 3 is 2.55 bits per heavy atom. The molecule has 0 amide bonds. The minimum Gasteiger partial charge on any atom is -0.357 e. The first-order valence-electron chi connectivity index (χ1n) is 6.97. The van der Waals surface area contributed by atoms with Crippen molar-refractivity contribution >= 4 is 40.0 Å². The average Bonchev–Trinajstić information content (AvgIpc) is 2.41. The zero-order valence-electron chi connectivity index (χ0n) is 13.2. The monoisotopic (exact) mass is 440 g/mol. The molecule has 1 aromatic rings. The lowest BCUT2D eigenvalue weighted by Gasteiger charge is -2.13. The second kappa shape index (κ2) is 10.0. The Labute approximate surface area is 150 Å². The summed E-state index contributed by atoms with van der Waals surface area (Å²) in [5.74, 6) is 1.23. The summed E-state index contributed by atoms with van der Waals surface area (Å²) in [4.78, 5) is 4.54. The van der Waals surface area contributed by atoms with Gasteiger partial charge in [0.25, 0.3) is 0 Å². The molecule has 0 aliphatic carbocycles. The van der Waals surface area contributed by atoms with E-state index in [1.165, 1.54) is 6.07 Å². The first kappa shape index (κ1) is 21.1. The molecule has 126 valence electrons. The summed E-state index contributed by atoms with van der Waals surface area (Å²) in [7, 11) is -3.68. The molecule has 0 radical (unpaired) electrons. The van der Waals surface area contributed by atoms with E-state index in [0.717, 1.165) is 18.7 Å². The molecule has 1 aromatic carbocycles. The maximum atomic E-state index is 11.3. The molecule has 1 rings (SSSR count). The minimum atomic E-state index is -3.68. The van der Waals surface area contributed by atoms with Crippen molar-refractivity contribution < 1.29 is 8.42 Å². The summed E-state index contributed by atoms with van der Waals surface area (Å²) < 4.78 is 22.6. The molecule has 4 N–H and O–H groups in total. The van der Waals surface area contributed by atoms with Crippen LogP contribution in [-0.2, 0) is 16.6 Å². The molecule has 0 unspecified atom stereocenters. The van der Waals surface area contributed by atoms with Gasteiger partial charge in [-0.05, 0) is 30.5 Å². The maximum Gasteiger partial charge on any atom is 0.238 e. The van der Waals surface area contributed by atoms with Crippen molar-refractivity contribution in [3.05, 3.63) is 29.8 Å². The molecule has 0 spiro atoms. The highest BCUT2D eigenvalue weighted by molar-refractivity contribution is 14.0. The molecule has 8 heteroatoms. The van der Waals surface area contributed by atoms with Gasteiger partial charge in [-0.3, -0.25) is 0 Å². The Bertz CT molecular complexity index is 588. The van der Waals surface area contributed by atoms with Gasteiger partial charge in [0.05, 0.1) is 11.4 Å². The fourth-order valence-corrected chi connectivity index (χ4v) is 2.22. The lowest BCUT2D eigenvalue weighted by molar-refractivity contribution is 0.597. The fraction of sp³-hybridized carbons (Fsp3) is 0.500. The molecule has 0 atom stereocenters. The van der Waals surface area contributed by atoms with Gasteiger partial charge in [0.2, 0.25) is 10.0 Å². The first-order valence-corrected chi connectivity index (χ1v) is 8.51. The van der Waals surface area contributed by atoms with Gasteiger partial charge < -0.3 is 10.6 Å². The Kier molecular flexibility index (Phi) is 9.61. The molecule has 0 saturated heterocycles. The van der Waals surface area contributed by atoms with Gasteiger partial charge in [0.15, 0.2) is 5.96 Å². The fourth-order valence-electron chi connectivity index (χ4n) is 1.63. The van der Waals surface area contributed by atoms with Crippen molar-refractivity contribution in [2.75, 3.05) is 13.1 Å². The van der Waals surface area contributed by atoms with Gasteiger partial charge in [-0.15, -0.1) is 24.0 Å². The van der Waals surface area contributed by atoms with E-state index >= 15 is 0 Å². The SMILES string of the molecule is CCNC(=NCc1cccc(S(N)(=O)=O)c1)NCC(C)C.I. The maximum absolute atomic E-state index is 11.3. The molecular formula is C14H25IN4O2S. The summed E-state index contributed by atoms with van der Waals surface area (Å²) in [5.41, 5.74) is 0.795. The zero-order chi connectivity index (χ0) is 15.9. The lowest BCUT2D eigenvalue weighted by Crippen LogP contribution is -2.39. The number of aliphatic imine (C=N–C) groups is 1. The molecule has 0 saturated carbocycles. The van der Waals surface area contributed by atoms with Crippen LogP contribution in [0.1, 0.15) is 26.3 Å². The van der Waals surface area contributed by atoms with Crippen LogP contribution in [0.5, 0.6) is 0 Å². The molecular weight excluding hydrogens is 415 g/mol. The number of rotatable bonds is 6. The van der Waals surface area contributed by atoms with Gasteiger partial charge in [-0.25, -0.2) is 18.5 Å². The first-order chi connectivity index (χ1) is 9.82. The van der Waals surface area contributed by atoms with Crippen molar-refractivity contribution in [2.24, 2.45) is 16.0 Å². The molecule has 0 bridgehead atoms. The highest BCUT2D eigenvalue weighted by atomic mass is 127. The van der Waals surface area contributed by atoms with Crippen LogP contribution in [0.3, 0.4) is 0 Å². The van der Waals surface area contributed by atoms with Crippen LogP contribution in [0.15, 0.2) is 34.2 Å². The highest BCUT2D eigenvalue weighted by Gasteiger charge is 2.07. The molecule has 0 aliphatic rings. The molecule has 0 fully saturated rings. The van der Waals surface area contributed by atoms with E-state index in [1.54, 1.807) is 12.1 Å². The Morgan fingerprint density at radius 2 is 2.00 bits per heavy atom. The summed E-state index contributed by atoms with van der Waals surface area (Å²) in [6.07, 6.45) is 0. The van der Waals surface area contributed by atoms with Crippen LogP contribution in [0.4, 0.5) is 0 Å². The second-order valence-corrected chi connectivity index (χ2v) is 6.72. The van der Waals surface area contributed by atoms with Crippen LogP contribution in [0, 0.1) is 5.92 Å². The van der Waals surface area contributed by atoms with E-state index in [4.69, 9.17) is 5.14 Å². The number of primary sulfonamides is 1. The Balaban J connectivity index is 0.00000441. The zero-order valence-corrected chi connectivity index (χ0v) is 16.3. The number of nitrogens with zero attached hydrogens (tertiary/aromatic N) is 1. The third-order valence-corrected chi connectivity index (χ3v) is 3.58. The topological polar surface area (TPSA) is 96.6 Å². The second-order valence-electron chi connectivity index (χ2n) is 5.16. The largest absolute Gasteiger partial charge is 0.357 e. The summed E-state index contributed by atoms with van der Waals surface area (Å²) >= 11 is 0. The van der Waals surface area contributed by atoms with E-state index in [2.05, 4.69) is 29.5 Å². The smallest absolute Gasteiger partial charge is 0.238 e. The van der Waals surface area contributed by atoms with Crippen LogP contribution in [0.2, 0.25) is 0 Å². The van der Waals surface area contributed by atoms with Gasteiger partial charge in [0.1, 0.15) is 0 Å². The van der Waals surface area contributed by atoms with Gasteiger partial charge in [-0.2, -0.15) is 0 Å². The van der Waals surface area contributed by atoms with E-state index in [9.17, 15) is 8.42 Å². The molecule has 0 heterocycles. The molecule has 6 nitrogen and oxygen atoms in total. The molecule has 0 aromatic heterocycles. The van der Waals surface area contributed by atoms with Crippen molar-refractivity contribution in [1.29, 1.82) is 0 Å².